The molecule has 0 saturated heterocycles. The fourth-order valence-electron chi connectivity index (χ4n) is 1.62. The maximum absolute atomic E-state index is 11.6. The lowest BCUT2D eigenvalue weighted by atomic mass is 9.97. The summed E-state index contributed by atoms with van der Waals surface area (Å²) in [6.07, 6.45) is 0.570. The fraction of sp³-hybridized carbons (Fsp3) is 0.500. The van der Waals surface area contributed by atoms with Crippen molar-refractivity contribution in [1.29, 1.82) is 0 Å². The summed E-state index contributed by atoms with van der Waals surface area (Å²) in [7, 11) is 0. The van der Waals surface area contributed by atoms with Crippen LogP contribution in [0.4, 0.5) is 4.79 Å². The molecule has 1 atom stereocenters. The third-order valence-corrected chi connectivity index (χ3v) is 2.84. The van der Waals surface area contributed by atoms with Crippen LogP contribution in [0.2, 0.25) is 0 Å². The summed E-state index contributed by atoms with van der Waals surface area (Å²) in [6.45, 7) is 6.06. The number of carbonyl (C=O) groups is 1. The van der Waals surface area contributed by atoms with Crippen LogP contribution in [-0.2, 0) is 12.0 Å². The molecule has 0 aliphatic rings. The summed E-state index contributed by atoms with van der Waals surface area (Å²) in [6, 6.07) is 2.87. The molecular formula is C14H20N4O4. The normalized spacial score (nSPS) is 12.9. The lowest BCUT2D eigenvalue weighted by Gasteiger charge is -2.10. The van der Waals surface area contributed by atoms with Gasteiger partial charge in [0.1, 0.15) is 11.9 Å². The highest BCUT2D eigenvalue weighted by atomic mass is 16.5. The second-order valence-corrected chi connectivity index (χ2v) is 5.86. The Morgan fingerprint density at radius 3 is 2.77 bits per heavy atom. The summed E-state index contributed by atoms with van der Waals surface area (Å²) in [5.74, 6) is 1.30. The van der Waals surface area contributed by atoms with E-state index in [0.29, 0.717) is 17.5 Å². The molecule has 1 unspecified atom stereocenters. The van der Waals surface area contributed by atoms with E-state index in [1.165, 1.54) is 6.26 Å². The van der Waals surface area contributed by atoms with Crippen LogP contribution in [0.5, 0.6) is 0 Å². The number of nitrogens with zero attached hydrogens (tertiary/aromatic N) is 2. The number of hydrogen-bond donors (Lipinski definition) is 3. The highest BCUT2D eigenvalue weighted by Crippen LogP contribution is 2.19. The summed E-state index contributed by atoms with van der Waals surface area (Å²) in [5.41, 5.74) is -0.235. The number of carbonyl (C=O) groups excluding carboxylic acids is 1. The van der Waals surface area contributed by atoms with E-state index in [0.717, 1.165) is 0 Å². The Bertz CT molecular complexity index is 601. The molecule has 0 aromatic carbocycles. The smallest absolute Gasteiger partial charge is 0.315 e. The molecule has 22 heavy (non-hydrogen) atoms. The highest BCUT2D eigenvalue weighted by Gasteiger charge is 2.21. The van der Waals surface area contributed by atoms with Crippen LogP contribution in [0.3, 0.4) is 0 Å². The van der Waals surface area contributed by atoms with E-state index < -0.39 is 12.1 Å². The molecule has 8 heteroatoms. The lowest BCUT2D eigenvalue weighted by Crippen LogP contribution is -2.37. The lowest BCUT2D eigenvalue weighted by molar-refractivity contribution is 0.148. The first-order valence-corrected chi connectivity index (χ1v) is 6.92. The summed E-state index contributed by atoms with van der Waals surface area (Å²) in [4.78, 5) is 15.8. The van der Waals surface area contributed by atoms with Gasteiger partial charge in [-0.05, 0) is 12.1 Å². The zero-order chi connectivity index (χ0) is 16.2. The topological polar surface area (TPSA) is 113 Å². The Hall–Kier alpha value is -2.35. The predicted molar refractivity (Wildman–Crippen MR) is 76.9 cm³/mol. The third kappa shape index (κ3) is 4.32. The minimum Gasteiger partial charge on any atom is -0.467 e. The first kappa shape index (κ1) is 16.0. The summed E-state index contributed by atoms with van der Waals surface area (Å²) in [5, 5.41) is 18.7. The summed E-state index contributed by atoms with van der Waals surface area (Å²) >= 11 is 0. The van der Waals surface area contributed by atoms with Gasteiger partial charge in [-0.3, -0.25) is 0 Å². The second kappa shape index (κ2) is 6.61. The van der Waals surface area contributed by atoms with Crippen molar-refractivity contribution in [2.75, 3.05) is 6.54 Å². The average molecular weight is 308 g/mol. The molecular weight excluding hydrogens is 288 g/mol. The molecule has 2 amide bonds. The largest absolute Gasteiger partial charge is 0.467 e. The van der Waals surface area contributed by atoms with E-state index >= 15 is 0 Å². The van der Waals surface area contributed by atoms with Gasteiger partial charge in [-0.2, -0.15) is 4.98 Å². The number of aliphatic hydroxyl groups excluding tert-OH is 1. The first-order valence-electron chi connectivity index (χ1n) is 6.92. The molecule has 0 bridgehead atoms. The van der Waals surface area contributed by atoms with Crippen LogP contribution < -0.4 is 10.6 Å². The number of hydrogen-bond acceptors (Lipinski definition) is 6. The maximum atomic E-state index is 11.6. The van der Waals surface area contributed by atoms with E-state index in [9.17, 15) is 9.90 Å². The minimum absolute atomic E-state index is 0.0405. The Balaban J connectivity index is 1.75. The van der Waals surface area contributed by atoms with Gasteiger partial charge in [0, 0.05) is 5.41 Å². The SMILES string of the molecule is CC(C)(C)c1nc(CNC(=O)NCC(O)c2ccco2)no1. The van der Waals surface area contributed by atoms with Gasteiger partial charge in [0.25, 0.3) is 0 Å². The number of urea groups is 1. The molecule has 3 N–H and O–H groups in total. The Morgan fingerprint density at radius 2 is 2.18 bits per heavy atom. The molecule has 2 rings (SSSR count). The van der Waals surface area contributed by atoms with Crippen LogP contribution in [0, 0.1) is 0 Å². The monoisotopic (exact) mass is 308 g/mol. The minimum atomic E-state index is -0.890. The van der Waals surface area contributed by atoms with Gasteiger partial charge in [0.05, 0.1) is 19.4 Å². The van der Waals surface area contributed by atoms with E-state index in [4.69, 9.17) is 8.94 Å². The van der Waals surface area contributed by atoms with Gasteiger partial charge in [0.2, 0.25) is 5.89 Å². The van der Waals surface area contributed by atoms with Gasteiger partial charge in [-0.1, -0.05) is 25.9 Å². The van der Waals surface area contributed by atoms with Gasteiger partial charge in [0.15, 0.2) is 5.82 Å². The quantitative estimate of drug-likeness (QED) is 0.771. The van der Waals surface area contributed by atoms with E-state index in [-0.39, 0.29) is 18.5 Å². The van der Waals surface area contributed by atoms with E-state index in [2.05, 4.69) is 20.8 Å². The molecule has 2 heterocycles. The molecule has 2 aromatic heterocycles. The number of nitrogens with one attached hydrogen (secondary N) is 2. The highest BCUT2D eigenvalue weighted by molar-refractivity contribution is 5.73. The number of amides is 2. The van der Waals surface area contributed by atoms with E-state index in [1.807, 2.05) is 20.8 Å². The van der Waals surface area contributed by atoms with Crippen molar-refractivity contribution in [3.05, 3.63) is 35.9 Å². The van der Waals surface area contributed by atoms with E-state index in [1.54, 1.807) is 12.1 Å². The third-order valence-electron chi connectivity index (χ3n) is 2.84. The fourth-order valence-corrected chi connectivity index (χ4v) is 1.62. The van der Waals surface area contributed by atoms with Crippen LogP contribution >= 0.6 is 0 Å². The number of furan rings is 1. The van der Waals surface area contributed by atoms with Crippen LogP contribution in [0.1, 0.15) is 44.4 Å². The molecule has 2 aromatic rings. The number of aliphatic hydroxyl groups is 1. The Kier molecular flexibility index (Phi) is 4.81. The Morgan fingerprint density at radius 1 is 1.41 bits per heavy atom. The molecule has 0 saturated carbocycles. The standard InChI is InChI=1S/C14H20N4O4/c1-14(2,3)12-17-11(18-22-12)8-16-13(20)15-7-9(19)10-5-4-6-21-10/h4-6,9,19H,7-8H2,1-3H3,(H2,15,16,20). The number of rotatable bonds is 5. The van der Waals surface area contributed by atoms with Crippen molar-refractivity contribution in [2.24, 2.45) is 0 Å². The summed E-state index contributed by atoms with van der Waals surface area (Å²) < 4.78 is 10.2. The van der Waals surface area contributed by atoms with Gasteiger partial charge >= 0.3 is 6.03 Å². The van der Waals surface area contributed by atoms with Gasteiger partial charge in [-0.15, -0.1) is 0 Å². The Labute approximate surface area is 127 Å². The van der Waals surface area contributed by atoms with Crippen molar-refractivity contribution < 1.29 is 18.8 Å². The maximum Gasteiger partial charge on any atom is 0.315 e. The molecule has 0 aliphatic heterocycles. The van der Waals surface area contributed by atoms with Crippen LogP contribution in [0.25, 0.3) is 0 Å². The van der Waals surface area contributed by atoms with Gasteiger partial charge in [-0.25, -0.2) is 4.79 Å². The van der Waals surface area contributed by atoms with Crippen molar-refractivity contribution in [3.8, 4) is 0 Å². The molecule has 0 aliphatic carbocycles. The zero-order valence-electron chi connectivity index (χ0n) is 12.8. The molecule has 0 radical (unpaired) electrons. The molecule has 0 spiro atoms. The predicted octanol–water partition coefficient (Wildman–Crippen LogP) is 1.49. The molecule has 8 nitrogen and oxygen atoms in total. The van der Waals surface area contributed by atoms with Crippen molar-refractivity contribution in [1.82, 2.24) is 20.8 Å². The number of aromatic nitrogens is 2. The first-order chi connectivity index (χ1) is 10.4. The average Bonchev–Trinajstić information content (AvgIpc) is 3.12. The van der Waals surface area contributed by atoms with Crippen LogP contribution in [0.15, 0.2) is 27.3 Å². The van der Waals surface area contributed by atoms with Crippen molar-refractivity contribution >= 4 is 6.03 Å². The van der Waals surface area contributed by atoms with Crippen molar-refractivity contribution in [3.63, 3.8) is 0 Å². The molecule has 0 fully saturated rings. The van der Waals surface area contributed by atoms with Crippen LogP contribution in [-0.4, -0.2) is 27.8 Å². The van der Waals surface area contributed by atoms with Crippen molar-refractivity contribution in [2.45, 2.75) is 38.8 Å². The van der Waals surface area contributed by atoms with Gasteiger partial charge < -0.3 is 24.7 Å². The second-order valence-electron chi connectivity index (χ2n) is 5.86. The zero-order valence-corrected chi connectivity index (χ0v) is 12.8. The molecule has 120 valence electrons.